The number of anilines is 1. The molecule has 0 aliphatic rings. The molecule has 4 aromatic rings. The third-order valence-corrected chi connectivity index (χ3v) is 4.78. The molecule has 1 N–H and O–H groups in total. The first-order chi connectivity index (χ1) is 15.5. The van der Waals surface area contributed by atoms with Gasteiger partial charge in [-0.05, 0) is 57.2 Å². The van der Waals surface area contributed by atoms with Crippen LogP contribution in [0.15, 0.2) is 68.5 Å². The Balaban J connectivity index is 1.66. The number of hydrogen-bond acceptors (Lipinski definition) is 7. The zero-order chi connectivity index (χ0) is 22.7. The number of aromatic nitrogens is 3. The number of carbonyl (C=O) groups excluding carboxylic acids is 1. The molecular weight excluding hydrogens is 412 g/mol. The number of nitrogens with one attached hydrogen (secondary N) is 1. The number of ether oxygens (including phenoxy) is 1. The van der Waals surface area contributed by atoms with E-state index >= 15 is 0 Å². The molecule has 1 atom stereocenters. The summed E-state index contributed by atoms with van der Waals surface area (Å²) in [5.41, 5.74) is 1.59. The average molecular weight is 434 g/mol. The van der Waals surface area contributed by atoms with Crippen molar-refractivity contribution in [2.75, 3.05) is 11.9 Å². The van der Waals surface area contributed by atoms with E-state index in [1.807, 2.05) is 6.92 Å². The Labute approximate surface area is 183 Å². The zero-order valence-corrected chi connectivity index (χ0v) is 17.9. The van der Waals surface area contributed by atoms with Crippen LogP contribution in [0.25, 0.3) is 22.8 Å². The minimum atomic E-state index is -0.881. The molecule has 1 unspecified atom stereocenters. The van der Waals surface area contributed by atoms with Gasteiger partial charge in [0.25, 0.3) is 5.56 Å². The fourth-order valence-electron chi connectivity index (χ4n) is 3.18. The summed E-state index contributed by atoms with van der Waals surface area (Å²) in [5, 5.41) is 11.1. The van der Waals surface area contributed by atoms with Crippen molar-refractivity contribution >= 4 is 11.6 Å². The maximum Gasteiger partial charge on any atom is 0.268 e. The van der Waals surface area contributed by atoms with Crippen LogP contribution in [-0.2, 0) is 4.79 Å². The minimum Gasteiger partial charge on any atom is -0.494 e. The molecule has 0 saturated carbocycles. The van der Waals surface area contributed by atoms with Crippen LogP contribution in [-0.4, -0.2) is 27.5 Å². The van der Waals surface area contributed by atoms with Gasteiger partial charge >= 0.3 is 0 Å². The second-order valence-electron chi connectivity index (χ2n) is 7.12. The monoisotopic (exact) mass is 434 g/mol. The minimum absolute atomic E-state index is 0.367. The predicted molar refractivity (Wildman–Crippen MR) is 117 cm³/mol. The van der Waals surface area contributed by atoms with Crippen LogP contribution in [0.5, 0.6) is 5.75 Å². The van der Waals surface area contributed by atoms with Gasteiger partial charge in [0, 0.05) is 17.8 Å². The molecule has 164 valence electrons. The molecule has 0 radical (unpaired) electrons. The molecule has 1 amide bonds. The van der Waals surface area contributed by atoms with Crippen molar-refractivity contribution in [3.63, 3.8) is 0 Å². The largest absolute Gasteiger partial charge is 0.494 e. The van der Waals surface area contributed by atoms with Gasteiger partial charge in [-0.2, -0.15) is 5.10 Å². The molecule has 0 aliphatic heterocycles. The first kappa shape index (κ1) is 21.1. The highest BCUT2D eigenvalue weighted by Crippen LogP contribution is 2.30. The van der Waals surface area contributed by atoms with E-state index in [4.69, 9.17) is 13.7 Å². The number of carbonyl (C=O) groups is 1. The van der Waals surface area contributed by atoms with Gasteiger partial charge in [0.1, 0.15) is 17.5 Å². The number of nitrogens with zero attached hydrogens (tertiary/aromatic N) is 3. The van der Waals surface area contributed by atoms with Crippen LogP contribution in [0.1, 0.15) is 25.6 Å². The van der Waals surface area contributed by atoms with Crippen LogP contribution in [0.4, 0.5) is 5.69 Å². The number of rotatable bonds is 7. The second-order valence-corrected chi connectivity index (χ2v) is 7.12. The Morgan fingerprint density at radius 3 is 2.59 bits per heavy atom. The molecule has 0 aliphatic carbocycles. The van der Waals surface area contributed by atoms with Crippen molar-refractivity contribution < 1.29 is 18.5 Å². The fourth-order valence-corrected chi connectivity index (χ4v) is 3.18. The van der Waals surface area contributed by atoms with Crippen molar-refractivity contribution in [2.45, 2.75) is 26.8 Å². The number of hydrogen-bond donors (Lipinski definition) is 1. The van der Waals surface area contributed by atoms with E-state index < -0.39 is 17.5 Å². The molecule has 0 fully saturated rings. The molecule has 4 rings (SSSR count). The summed E-state index contributed by atoms with van der Waals surface area (Å²) in [7, 11) is 0. The topological polar surface area (TPSA) is 112 Å². The van der Waals surface area contributed by atoms with Crippen molar-refractivity contribution in [1.29, 1.82) is 0 Å². The molecule has 32 heavy (non-hydrogen) atoms. The van der Waals surface area contributed by atoms with Crippen LogP contribution in [0, 0.1) is 6.92 Å². The second kappa shape index (κ2) is 8.93. The first-order valence-corrected chi connectivity index (χ1v) is 10.1. The summed E-state index contributed by atoms with van der Waals surface area (Å²) < 4.78 is 17.4. The standard InChI is InChI=1S/C23H22N4O5/c1-4-30-17-9-7-16(8-10-17)24-23(29)15(3)27-21(28)13-18(20-12-14(2)26-32-20)22(25-27)19-6-5-11-31-19/h5-13,15H,4H2,1-3H3,(H,24,29). The van der Waals surface area contributed by atoms with Gasteiger partial charge in [-0.15, -0.1) is 0 Å². The van der Waals surface area contributed by atoms with Crippen LogP contribution < -0.4 is 15.6 Å². The summed E-state index contributed by atoms with van der Waals surface area (Å²) in [6.45, 7) is 5.83. The van der Waals surface area contributed by atoms with Gasteiger partial charge in [-0.3, -0.25) is 9.59 Å². The third kappa shape index (κ3) is 4.31. The molecule has 0 saturated heterocycles. The SMILES string of the molecule is CCOc1ccc(NC(=O)C(C)n2nc(-c3ccco3)c(-c3cc(C)no3)cc2=O)cc1. The molecule has 3 heterocycles. The number of furan rings is 1. The first-order valence-electron chi connectivity index (χ1n) is 10.1. The summed E-state index contributed by atoms with van der Waals surface area (Å²) in [4.78, 5) is 25.7. The highest BCUT2D eigenvalue weighted by atomic mass is 16.5. The highest BCUT2D eigenvalue weighted by Gasteiger charge is 2.23. The average Bonchev–Trinajstić information content (AvgIpc) is 3.46. The van der Waals surface area contributed by atoms with Crippen molar-refractivity contribution in [3.8, 4) is 28.5 Å². The van der Waals surface area contributed by atoms with E-state index in [2.05, 4.69) is 15.6 Å². The molecule has 9 heteroatoms. The van der Waals surface area contributed by atoms with Crippen molar-refractivity contribution in [2.24, 2.45) is 0 Å². The van der Waals surface area contributed by atoms with Crippen molar-refractivity contribution in [1.82, 2.24) is 14.9 Å². The van der Waals surface area contributed by atoms with E-state index in [9.17, 15) is 9.59 Å². The van der Waals surface area contributed by atoms with Gasteiger partial charge in [0.2, 0.25) is 5.91 Å². The Bertz CT molecular complexity index is 1270. The van der Waals surface area contributed by atoms with E-state index in [-0.39, 0.29) is 0 Å². The maximum atomic E-state index is 12.9. The normalized spacial score (nSPS) is 11.8. The summed E-state index contributed by atoms with van der Waals surface area (Å²) in [5.74, 6) is 1.13. The molecule has 9 nitrogen and oxygen atoms in total. The predicted octanol–water partition coefficient (Wildman–Crippen LogP) is 4.07. The molecular formula is C23H22N4O5. The quantitative estimate of drug-likeness (QED) is 0.467. The fraction of sp³-hybridized carbons (Fsp3) is 0.217. The van der Waals surface area contributed by atoms with Gasteiger partial charge in [-0.1, -0.05) is 5.16 Å². The van der Waals surface area contributed by atoms with Crippen LogP contribution in [0.2, 0.25) is 0 Å². The molecule has 3 aromatic heterocycles. The van der Waals surface area contributed by atoms with Gasteiger partial charge in [0.05, 0.1) is 24.1 Å². The van der Waals surface area contributed by atoms with E-state index in [1.54, 1.807) is 56.3 Å². The lowest BCUT2D eigenvalue weighted by atomic mass is 10.1. The number of aryl methyl sites for hydroxylation is 1. The lowest BCUT2D eigenvalue weighted by Gasteiger charge is -2.16. The van der Waals surface area contributed by atoms with Crippen molar-refractivity contribution in [3.05, 3.63) is 70.8 Å². The highest BCUT2D eigenvalue weighted by molar-refractivity contribution is 5.93. The summed E-state index contributed by atoms with van der Waals surface area (Å²) in [6.07, 6.45) is 1.50. The Kier molecular flexibility index (Phi) is 5.89. The Hall–Kier alpha value is -4.14. The maximum absolute atomic E-state index is 12.9. The van der Waals surface area contributed by atoms with Crippen LogP contribution in [0.3, 0.4) is 0 Å². The summed E-state index contributed by atoms with van der Waals surface area (Å²) in [6, 6.07) is 12.6. The van der Waals surface area contributed by atoms with E-state index in [0.717, 1.165) is 4.68 Å². The molecule has 1 aromatic carbocycles. The lowest BCUT2D eigenvalue weighted by Crippen LogP contribution is -2.33. The van der Waals surface area contributed by atoms with E-state index in [1.165, 1.54) is 12.3 Å². The Morgan fingerprint density at radius 1 is 1.19 bits per heavy atom. The van der Waals surface area contributed by atoms with Crippen LogP contribution >= 0.6 is 0 Å². The molecule has 0 bridgehead atoms. The van der Waals surface area contributed by atoms with Gasteiger partial charge < -0.3 is 19.0 Å². The third-order valence-electron chi connectivity index (χ3n) is 4.78. The Morgan fingerprint density at radius 2 is 1.97 bits per heavy atom. The van der Waals surface area contributed by atoms with Gasteiger partial charge in [-0.25, -0.2) is 4.68 Å². The smallest absolute Gasteiger partial charge is 0.268 e. The summed E-state index contributed by atoms with van der Waals surface area (Å²) >= 11 is 0. The zero-order valence-electron chi connectivity index (χ0n) is 17.9. The molecule has 0 spiro atoms. The number of benzene rings is 1. The number of amides is 1. The van der Waals surface area contributed by atoms with Gasteiger partial charge in [0.15, 0.2) is 11.5 Å². The lowest BCUT2D eigenvalue weighted by molar-refractivity contribution is -0.119. The van der Waals surface area contributed by atoms with E-state index in [0.29, 0.717) is 46.5 Å².